The summed E-state index contributed by atoms with van der Waals surface area (Å²) in [5.41, 5.74) is 5.50. The maximum absolute atomic E-state index is 5.42. The molecule has 0 atom stereocenters. The zero-order valence-corrected chi connectivity index (χ0v) is 14.3. The van der Waals surface area contributed by atoms with Crippen molar-refractivity contribution >= 4 is 12.2 Å². The summed E-state index contributed by atoms with van der Waals surface area (Å²) in [6, 6.07) is 4.21. The monoisotopic (exact) mass is 302 g/mol. The largest absolute Gasteiger partial charge is 0.496 e. The molecule has 0 radical (unpaired) electrons. The van der Waals surface area contributed by atoms with Gasteiger partial charge >= 0.3 is 0 Å². The number of methoxy groups -OCH3 is 1. The van der Waals surface area contributed by atoms with Crippen LogP contribution in [0, 0.1) is 25.4 Å². The van der Waals surface area contributed by atoms with E-state index in [0.717, 1.165) is 39.5 Å². The molecule has 0 aliphatic carbocycles. The van der Waals surface area contributed by atoms with Crippen LogP contribution in [-0.2, 0) is 0 Å². The number of aromatic nitrogens is 2. The first-order valence-corrected chi connectivity index (χ1v) is 7.52. The van der Waals surface area contributed by atoms with Crippen LogP contribution in [0.15, 0.2) is 12.1 Å². The number of nitrogens with one attached hydrogen (secondary N) is 1. The number of benzene rings is 1. The van der Waals surface area contributed by atoms with Crippen LogP contribution in [0.1, 0.15) is 42.3 Å². The number of H-pyrrole nitrogens is 1. The van der Waals surface area contributed by atoms with Gasteiger partial charge in [0.1, 0.15) is 16.2 Å². The molecule has 0 amide bonds. The first-order valence-electron chi connectivity index (χ1n) is 7.11. The van der Waals surface area contributed by atoms with Gasteiger partial charge < -0.3 is 9.72 Å². The second kappa shape index (κ2) is 5.98. The summed E-state index contributed by atoms with van der Waals surface area (Å²) in [7, 11) is 1.70. The van der Waals surface area contributed by atoms with Crippen molar-refractivity contribution < 1.29 is 4.74 Å². The quantitative estimate of drug-likeness (QED) is 0.822. The Balaban J connectivity index is 2.72. The lowest BCUT2D eigenvalue weighted by Gasteiger charge is -2.15. The van der Waals surface area contributed by atoms with Gasteiger partial charge in [-0.1, -0.05) is 26.1 Å². The smallest absolute Gasteiger partial charge is 0.133 e. The predicted molar refractivity (Wildman–Crippen MR) is 89.7 cm³/mol. The SMILES string of the molecule is COc1cc(C)c(-c2[nH]c(C(C)C)nc(=S)c2C)cc1C. The van der Waals surface area contributed by atoms with Gasteiger partial charge in [-0.2, -0.15) is 0 Å². The van der Waals surface area contributed by atoms with Crippen LogP contribution in [-0.4, -0.2) is 17.1 Å². The van der Waals surface area contributed by atoms with E-state index in [2.05, 4.69) is 49.8 Å². The molecule has 1 aromatic heterocycles. The summed E-state index contributed by atoms with van der Waals surface area (Å²) in [6.45, 7) is 10.4. The van der Waals surface area contributed by atoms with Crippen molar-refractivity contribution in [2.75, 3.05) is 7.11 Å². The highest BCUT2D eigenvalue weighted by atomic mass is 32.1. The summed E-state index contributed by atoms with van der Waals surface area (Å²) in [5, 5.41) is 0. The first-order chi connectivity index (χ1) is 9.85. The van der Waals surface area contributed by atoms with E-state index in [1.165, 1.54) is 0 Å². The molecule has 0 aliphatic heterocycles. The Hall–Kier alpha value is -1.68. The molecule has 112 valence electrons. The molecule has 0 fully saturated rings. The molecule has 1 aromatic carbocycles. The topological polar surface area (TPSA) is 37.9 Å². The average molecular weight is 302 g/mol. The minimum Gasteiger partial charge on any atom is -0.496 e. The van der Waals surface area contributed by atoms with E-state index in [9.17, 15) is 0 Å². The Labute approximate surface area is 131 Å². The average Bonchev–Trinajstić information content (AvgIpc) is 2.43. The Morgan fingerprint density at radius 2 is 1.81 bits per heavy atom. The zero-order valence-electron chi connectivity index (χ0n) is 13.5. The molecule has 21 heavy (non-hydrogen) atoms. The molecule has 3 nitrogen and oxygen atoms in total. The van der Waals surface area contributed by atoms with Gasteiger partial charge in [-0.05, 0) is 44.0 Å². The van der Waals surface area contributed by atoms with E-state index in [0.29, 0.717) is 10.6 Å². The highest BCUT2D eigenvalue weighted by Crippen LogP contribution is 2.31. The Kier molecular flexibility index (Phi) is 4.47. The van der Waals surface area contributed by atoms with Gasteiger partial charge in [0.15, 0.2) is 0 Å². The minimum absolute atomic E-state index is 0.311. The van der Waals surface area contributed by atoms with Crippen LogP contribution in [0.5, 0.6) is 5.75 Å². The van der Waals surface area contributed by atoms with Gasteiger partial charge in [0.2, 0.25) is 0 Å². The van der Waals surface area contributed by atoms with Crippen molar-refractivity contribution in [3.8, 4) is 17.0 Å². The van der Waals surface area contributed by atoms with Gasteiger partial charge in [0, 0.05) is 17.0 Å². The Morgan fingerprint density at radius 3 is 2.38 bits per heavy atom. The van der Waals surface area contributed by atoms with Gasteiger partial charge in [-0.3, -0.25) is 0 Å². The van der Waals surface area contributed by atoms with Crippen molar-refractivity contribution in [3.63, 3.8) is 0 Å². The van der Waals surface area contributed by atoms with E-state index in [-0.39, 0.29) is 0 Å². The van der Waals surface area contributed by atoms with Gasteiger partial charge in [-0.25, -0.2) is 4.98 Å². The van der Waals surface area contributed by atoms with Crippen LogP contribution in [0.3, 0.4) is 0 Å². The van der Waals surface area contributed by atoms with Crippen molar-refractivity contribution in [1.29, 1.82) is 0 Å². The number of aromatic amines is 1. The third-order valence-corrected chi connectivity index (χ3v) is 4.13. The molecule has 2 aromatic rings. The molecule has 2 rings (SSSR count). The number of hydrogen-bond donors (Lipinski definition) is 1. The Morgan fingerprint density at radius 1 is 1.14 bits per heavy atom. The lowest BCUT2D eigenvalue weighted by atomic mass is 9.99. The molecule has 0 saturated carbocycles. The van der Waals surface area contributed by atoms with E-state index in [1.807, 2.05) is 6.92 Å². The van der Waals surface area contributed by atoms with Gasteiger partial charge in [0.25, 0.3) is 0 Å². The standard InChI is InChI=1S/C17H22N2OS/c1-9(2)16-18-15(12(5)17(21)19-16)13-7-11(4)14(20-6)8-10(13)3/h7-9H,1-6H3,(H,18,19,21). The highest BCUT2D eigenvalue weighted by Gasteiger charge is 2.13. The molecule has 1 heterocycles. The third-order valence-electron chi connectivity index (χ3n) is 3.73. The molecular weight excluding hydrogens is 280 g/mol. The Bertz CT molecular complexity index is 732. The fourth-order valence-corrected chi connectivity index (χ4v) is 2.57. The normalized spacial score (nSPS) is 11.0. The molecule has 0 unspecified atom stereocenters. The third kappa shape index (κ3) is 3.00. The van der Waals surface area contributed by atoms with E-state index in [1.54, 1.807) is 7.11 Å². The van der Waals surface area contributed by atoms with Crippen LogP contribution >= 0.6 is 12.2 Å². The molecule has 0 spiro atoms. The second-order valence-electron chi connectivity index (χ2n) is 5.72. The molecule has 0 bridgehead atoms. The predicted octanol–water partition coefficient (Wildman–Crippen LogP) is 4.86. The fourth-order valence-electron chi connectivity index (χ4n) is 2.37. The summed E-state index contributed by atoms with van der Waals surface area (Å²) < 4.78 is 6.06. The maximum Gasteiger partial charge on any atom is 0.133 e. The van der Waals surface area contributed by atoms with Crippen molar-refractivity contribution in [2.45, 2.75) is 40.5 Å². The number of hydrogen-bond acceptors (Lipinski definition) is 3. The number of rotatable bonds is 3. The summed E-state index contributed by atoms with van der Waals surface area (Å²) in [6.07, 6.45) is 0. The molecule has 0 saturated heterocycles. The maximum atomic E-state index is 5.42. The molecule has 0 aliphatic rings. The number of aryl methyl sites for hydroxylation is 2. The lowest BCUT2D eigenvalue weighted by Crippen LogP contribution is -2.03. The van der Waals surface area contributed by atoms with Crippen molar-refractivity contribution in [2.24, 2.45) is 0 Å². The summed E-state index contributed by atoms with van der Waals surface area (Å²) in [5.74, 6) is 2.14. The van der Waals surface area contributed by atoms with Gasteiger partial charge in [0.05, 0.1) is 12.8 Å². The fraction of sp³-hybridized carbons (Fsp3) is 0.412. The number of nitrogens with zero attached hydrogens (tertiary/aromatic N) is 1. The van der Waals surface area contributed by atoms with Crippen LogP contribution in [0.2, 0.25) is 0 Å². The van der Waals surface area contributed by atoms with Crippen molar-refractivity contribution in [3.05, 3.63) is 39.3 Å². The minimum atomic E-state index is 0.311. The van der Waals surface area contributed by atoms with Crippen LogP contribution < -0.4 is 4.74 Å². The molecule has 4 heteroatoms. The first kappa shape index (κ1) is 15.7. The molecular formula is C17H22N2OS. The van der Waals surface area contributed by atoms with E-state index >= 15 is 0 Å². The van der Waals surface area contributed by atoms with E-state index in [4.69, 9.17) is 17.0 Å². The zero-order chi connectivity index (χ0) is 15.7. The van der Waals surface area contributed by atoms with Crippen molar-refractivity contribution in [1.82, 2.24) is 9.97 Å². The van der Waals surface area contributed by atoms with Gasteiger partial charge in [-0.15, -0.1) is 0 Å². The van der Waals surface area contributed by atoms with E-state index < -0.39 is 0 Å². The molecule has 1 N–H and O–H groups in total. The highest BCUT2D eigenvalue weighted by molar-refractivity contribution is 7.71. The lowest BCUT2D eigenvalue weighted by molar-refractivity contribution is 0.411. The second-order valence-corrected chi connectivity index (χ2v) is 6.11. The van der Waals surface area contributed by atoms with Crippen LogP contribution in [0.4, 0.5) is 0 Å². The van der Waals surface area contributed by atoms with Crippen LogP contribution in [0.25, 0.3) is 11.3 Å². The number of ether oxygens (including phenoxy) is 1. The summed E-state index contributed by atoms with van der Waals surface area (Å²) >= 11 is 5.42. The summed E-state index contributed by atoms with van der Waals surface area (Å²) in [4.78, 5) is 7.93.